The molecule has 6 heteroatoms. The zero-order valence-electron chi connectivity index (χ0n) is 13.3. The van der Waals surface area contributed by atoms with E-state index in [4.69, 9.17) is 5.41 Å². The number of amides is 1. The van der Waals surface area contributed by atoms with Crippen molar-refractivity contribution in [2.75, 3.05) is 5.32 Å². The van der Waals surface area contributed by atoms with Crippen molar-refractivity contribution >= 4 is 23.6 Å². The van der Waals surface area contributed by atoms with Crippen LogP contribution in [0.3, 0.4) is 0 Å². The number of pyridine rings is 1. The summed E-state index contributed by atoms with van der Waals surface area (Å²) in [5.74, 6) is -1.70. The van der Waals surface area contributed by atoms with Crippen LogP contribution in [0.5, 0.6) is 0 Å². The quantitative estimate of drug-likeness (QED) is 0.502. The highest BCUT2D eigenvalue weighted by atomic mass is 16.2. The summed E-state index contributed by atoms with van der Waals surface area (Å²) in [6, 6.07) is 10.6. The van der Waals surface area contributed by atoms with Crippen molar-refractivity contribution in [1.29, 1.82) is 10.7 Å². The number of benzene rings is 1. The van der Waals surface area contributed by atoms with Crippen molar-refractivity contribution in [3.63, 3.8) is 0 Å². The van der Waals surface area contributed by atoms with Crippen LogP contribution in [0.1, 0.15) is 18.1 Å². The second-order valence-electron chi connectivity index (χ2n) is 5.33. The van der Waals surface area contributed by atoms with Gasteiger partial charge in [-0.2, -0.15) is 5.26 Å². The van der Waals surface area contributed by atoms with Gasteiger partial charge in [0.2, 0.25) is 5.91 Å². The van der Waals surface area contributed by atoms with Gasteiger partial charge >= 0.3 is 0 Å². The second-order valence-corrected chi connectivity index (χ2v) is 5.33. The Kier molecular flexibility index (Phi) is 5.17. The largest absolute Gasteiger partial charge is 0.325 e. The lowest BCUT2D eigenvalue weighted by Gasteiger charge is -2.12. The van der Waals surface area contributed by atoms with Gasteiger partial charge in [0.05, 0.1) is 17.3 Å². The average molecular weight is 320 g/mol. The Morgan fingerprint density at radius 1 is 1.42 bits per heavy atom. The fraction of sp³-hybridized carbons (Fsp3) is 0.167. The van der Waals surface area contributed by atoms with Crippen molar-refractivity contribution in [2.24, 2.45) is 5.92 Å². The van der Waals surface area contributed by atoms with Gasteiger partial charge in [-0.1, -0.05) is 6.07 Å². The van der Waals surface area contributed by atoms with E-state index in [0.717, 1.165) is 5.56 Å². The van der Waals surface area contributed by atoms with E-state index in [-0.39, 0.29) is 5.71 Å². The summed E-state index contributed by atoms with van der Waals surface area (Å²) in [4.78, 5) is 27.4. The molecule has 0 spiro atoms. The van der Waals surface area contributed by atoms with Crippen molar-refractivity contribution in [3.8, 4) is 17.3 Å². The van der Waals surface area contributed by atoms with Crippen LogP contribution in [0, 0.1) is 29.6 Å². The summed E-state index contributed by atoms with van der Waals surface area (Å²) in [6.07, 6.45) is 2.07. The molecule has 1 unspecified atom stereocenters. The van der Waals surface area contributed by atoms with Gasteiger partial charge in [0.25, 0.3) is 0 Å². The van der Waals surface area contributed by atoms with Gasteiger partial charge in [-0.25, -0.2) is 0 Å². The maximum Gasteiger partial charge on any atom is 0.240 e. The second kappa shape index (κ2) is 7.29. The first kappa shape index (κ1) is 17.0. The zero-order valence-corrected chi connectivity index (χ0v) is 13.3. The number of hydrogen-bond donors (Lipinski definition) is 2. The van der Waals surface area contributed by atoms with E-state index in [0.29, 0.717) is 28.8 Å². The molecule has 0 bridgehead atoms. The van der Waals surface area contributed by atoms with Crippen molar-refractivity contribution < 1.29 is 9.59 Å². The number of anilines is 1. The van der Waals surface area contributed by atoms with Crippen LogP contribution in [0.2, 0.25) is 0 Å². The molecule has 6 nitrogen and oxygen atoms in total. The molecule has 0 aliphatic carbocycles. The number of carbonyl (C=O) groups is 2. The number of aromatic nitrogens is 1. The van der Waals surface area contributed by atoms with Gasteiger partial charge in [-0.05, 0) is 43.7 Å². The molecule has 2 rings (SSSR count). The maximum atomic E-state index is 12.1. The Labute approximate surface area is 139 Å². The fourth-order valence-corrected chi connectivity index (χ4v) is 2.26. The van der Waals surface area contributed by atoms with Crippen LogP contribution in [0.4, 0.5) is 5.69 Å². The first-order valence-corrected chi connectivity index (χ1v) is 7.25. The molecule has 0 saturated carbocycles. The molecule has 2 aromatic rings. The van der Waals surface area contributed by atoms with Gasteiger partial charge in [0, 0.05) is 23.2 Å². The minimum atomic E-state index is -1.12. The van der Waals surface area contributed by atoms with Gasteiger partial charge in [0.1, 0.15) is 12.2 Å². The molecule has 1 amide bonds. The number of rotatable bonds is 5. The first-order chi connectivity index (χ1) is 11.5. The van der Waals surface area contributed by atoms with Crippen LogP contribution in [0.15, 0.2) is 36.5 Å². The van der Waals surface area contributed by atoms with Crippen molar-refractivity contribution in [1.82, 2.24) is 4.98 Å². The van der Waals surface area contributed by atoms with E-state index in [1.807, 2.05) is 13.0 Å². The van der Waals surface area contributed by atoms with Crippen molar-refractivity contribution in [3.05, 3.63) is 47.7 Å². The van der Waals surface area contributed by atoms with Crippen LogP contribution < -0.4 is 5.32 Å². The Bertz CT molecular complexity index is 852. The number of aryl methyl sites for hydroxylation is 1. The first-order valence-electron chi connectivity index (χ1n) is 7.25. The fourth-order valence-electron chi connectivity index (χ4n) is 2.26. The molecule has 0 aliphatic heterocycles. The monoisotopic (exact) mass is 320 g/mol. The standard InChI is InChI=1S/C18H16N4O2/c1-11-4-3-7-21-17(11)15-8-14(6-5-13(15)9-19)22-18(24)16(10-23)12(2)20/h3-8,10,16,20H,1-2H3,(H,22,24). The summed E-state index contributed by atoms with van der Waals surface area (Å²) < 4.78 is 0. The van der Waals surface area contributed by atoms with E-state index in [9.17, 15) is 14.9 Å². The SMILES string of the molecule is CC(=N)C(C=O)C(=O)Nc1ccc(C#N)c(-c2ncccc2C)c1. The van der Waals surface area contributed by atoms with Crippen LogP contribution in [-0.2, 0) is 9.59 Å². The number of carbonyl (C=O) groups excluding carboxylic acids is 2. The Balaban J connectivity index is 2.42. The molecule has 1 atom stereocenters. The van der Waals surface area contributed by atoms with Gasteiger partial charge in [-0.3, -0.25) is 9.78 Å². The molecule has 120 valence electrons. The minimum Gasteiger partial charge on any atom is -0.325 e. The molecular formula is C18H16N4O2. The number of aldehydes is 1. The molecule has 1 heterocycles. The van der Waals surface area contributed by atoms with E-state index >= 15 is 0 Å². The van der Waals surface area contributed by atoms with Crippen LogP contribution in [-0.4, -0.2) is 22.9 Å². The molecule has 2 N–H and O–H groups in total. The summed E-state index contributed by atoms with van der Waals surface area (Å²) >= 11 is 0. The van der Waals surface area contributed by atoms with Gasteiger partial charge in [0.15, 0.2) is 0 Å². The zero-order chi connectivity index (χ0) is 17.7. The highest BCUT2D eigenvalue weighted by molar-refractivity contribution is 6.16. The lowest BCUT2D eigenvalue weighted by atomic mass is 10.00. The number of nitrogens with one attached hydrogen (secondary N) is 2. The molecule has 24 heavy (non-hydrogen) atoms. The molecule has 0 radical (unpaired) electrons. The summed E-state index contributed by atoms with van der Waals surface area (Å²) in [5, 5.41) is 19.4. The van der Waals surface area contributed by atoms with Crippen LogP contribution in [0.25, 0.3) is 11.3 Å². The molecule has 0 aliphatic rings. The Hall–Kier alpha value is -3.33. The topological polar surface area (TPSA) is 107 Å². The Morgan fingerprint density at radius 2 is 2.17 bits per heavy atom. The Morgan fingerprint density at radius 3 is 2.75 bits per heavy atom. The third-order valence-corrected chi connectivity index (χ3v) is 3.56. The lowest BCUT2D eigenvalue weighted by molar-refractivity contribution is -0.122. The average Bonchev–Trinajstić information content (AvgIpc) is 2.55. The smallest absolute Gasteiger partial charge is 0.240 e. The predicted octanol–water partition coefficient (Wildman–Crippen LogP) is 2.72. The molecule has 1 aromatic heterocycles. The van der Waals surface area contributed by atoms with E-state index in [2.05, 4.69) is 16.4 Å². The van der Waals surface area contributed by atoms with E-state index in [1.165, 1.54) is 6.92 Å². The third-order valence-electron chi connectivity index (χ3n) is 3.56. The highest BCUT2D eigenvalue weighted by Crippen LogP contribution is 2.27. The summed E-state index contributed by atoms with van der Waals surface area (Å²) in [5.41, 5.74) is 3.00. The van der Waals surface area contributed by atoms with Gasteiger partial charge < -0.3 is 15.5 Å². The molecule has 0 fully saturated rings. The lowest BCUT2D eigenvalue weighted by Crippen LogP contribution is -2.29. The van der Waals surface area contributed by atoms with E-state index in [1.54, 1.807) is 30.5 Å². The molecule has 0 saturated heterocycles. The summed E-state index contributed by atoms with van der Waals surface area (Å²) in [6.45, 7) is 3.29. The van der Waals surface area contributed by atoms with Gasteiger partial charge in [-0.15, -0.1) is 0 Å². The summed E-state index contributed by atoms with van der Waals surface area (Å²) in [7, 11) is 0. The highest BCUT2D eigenvalue weighted by Gasteiger charge is 2.20. The third kappa shape index (κ3) is 3.52. The normalized spacial score (nSPS) is 11.2. The molecular weight excluding hydrogens is 304 g/mol. The molecule has 1 aromatic carbocycles. The van der Waals surface area contributed by atoms with Crippen molar-refractivity contribution in [2.45, 2.75) is 13.8 Å². The minimum absolute atomic E-state index is 0.0306. The number of nitriles is 1. The number of hydrogen-bond acceptors (Lipinski definition) is 5. The maximum absolute atomic E-state index is 12.1. The van der Waals surface area contributed by atoms with Crippen LogP contribution >= 0.6 is 0 Å². The van der Waals surface area contributed by atoms with E-state index < -0.39 is 11.8 Å². The number of nitrogens with zero attached hydrogens (tertiary/aromatic N) is 2. The predicted molar refractivity (Wildman–Crippen MR) is 90.7 cm³/mol.